The van der Waals surface area contributed by atoms with E-state index in [2.05, 4.69) is 11.0 Å². The van der Waals surface area contributed by atoms with Gasteiger partial charge in [-0.2, -0.15) is 0 Å². The summed E-state index contributed by atoms with van der Waals surface area (Å²) in [6.45, 7) is 6.82. The number of carbonyl (C=O) groups is 2. The molecule has 5 rings (SSSR count). The van der Waals surface area contributed by atoms with Gasteiger partial charge in [0.25, 0.3) is 0 Å². The third-order valence-corrected chi connectivity index (χ3v) is 8.47. The van der Waals surface area contributed by atoms with Gasteiger partial charge in [-0.15, -0.1) is 0 Å². The van der Waals surface area contributed by atoms with Crippen molar-refractivity contribution >= 4 is 11.9 Å². The van der Waals surface area contributed by atoms with E-state index in [9.17, 15) is 19.8 Å². The first-order chi connectivity index (χ1) is 18.5. The highest BCUT2D eigenvalue weighted by atomic mass is 16.7. The molecule has 4 atom stereocenters. The van der Waals surface area contributed by atoms with Crippen LogP contribution in [0.2, 0.25) is 0 Å². The summed E-state index contributed by atoms with van der Waals surface area (Å²) in [5.41, 5.74) is -1.69. The summed E-state index contributed by atoms with van der Waals surface area (Å²) in [5, 5.41) is 21.8. The van der Waals surface area contributed by atoms with Gasteiger partial charge in [-0.3, -0.25) is 9.69 Å². The zero-order valence-corrected chi connectivity index (χ0v) is 23.2. The van der Waals surface area contributed by atoms with E-state index in [0.29, 0.717) is 17.3 Å². The molecule has 0 aromatic heterocycles. The minimum absolute atomic E-state index is 0.0725. The monoisotopic (exact) mass is 545 g/mol. The van der Waals surface area contributed by atoms with Crippen molar-refractivity contribution in [2.24, 2.45) is 0 Å². The second kappa shape index (κ2) is 10.3. The van der Waals surface area contributed by atoms with Crippen molar-refractivity contribution in [2.75, 3.05) is 33.6 Å². The van der Waals surface area contributed by atoms with Gasteiger partial charge in [-0.1, -0.05) is 0 Å². The van der Waals surface area contributed by atoms with Gasteiger partial charge >= 0.3 is 11.9 Å². The Balaban J connectivity index is 1.52. The Labute approximate surface area is 228 Å². The first-order valence-corrected chi connectivity index (χ1v) is 13.8. The molecule has 0 amide bonds. The third-order valence-electron chi connectivity index (χ3n) is 8.47. The van der Waals surface area contributed by atoms with E-state index in [0.717, 1.165) is 43.5 Å². The fraction of sp³-hybridized carbons (Fsp3) is 0.655. The van der Waals surface area contributed by atoms with Crippen LogP contribution in [0.5, 0.6) is 11.5 Å². The summed E-state index contributed by atoms with van der Waals surface area (Å²) in [6, 6.07) is 4.00. The lowest BCUT2D eigenvalue weighted by Gasteiger charge is -2.39. The number of aliphatic hydroxyl groups is 2. The first kappa shape index (κ1) is 27.7. The number of methoxy groups -OCH3 is 1. The van der Waals surface area contributed by atoms with Crippen LogP contribution < -0.4 is 9.47 Å². The van der Waals surface area contributed by atoms with Crippen LogP contribution >= 0.6 is 0 Å². The Morgan fingerprint density at radius 1 is 1.15 bits per heavy atom. The number of esters is 2. The zero-order valence-electron chi connectivity index (χ0n) is 23.2. The number of fused-ring (bicyclic) bond motifs is 3. The van der Waals surface area contributed by atoms with Gasteiger partial charge in [0.2, 0.25) is 6.79 Å². The van der Waals surface area contributed by atoms with E-state index in [1.165, 1.54) is 0 Å². The van der Waals surface area contributed by atoms with Gasteiger partial charge in [0.1, 0.15) is 5.76 Å². The van der Waals surface area contributed by atoms with Gasteiger partial charge in [0.15, 0.2) is 23.2 Å². The molecule has 1 fully saturated rings. The second-order valence-corrected chi connectivity index (χ2v) is 11.6. The molecule has 10 nitrogen and oxygen atoms in total. The molecule has 0 bridgehead atoms. The summed E-state index contributed by atoms with van der Waals surface area (Å²) < 4.78 is 28.4. The Bertz CT molecular complexity index is 1160. The van der Waals surface area contributed by atoms with Crippen molar-refractivity contribution in [1.29, 1.82) is 0 Å². The lowest BCUT2D eigenvalue weighted by atomic mass is 9.77. The maximum absolute atomic E-state index is 13.8. The van der Waals surface area contributed by atoms with Gasteiger partial charge in [-0.25, -0.2) is 4.79 Å². The second-order valence-electron chi connectivity index (χ2n) is 11.6. The van der Waals surface area contributed by atoms with E-state index in [4.69, 9.17) is 23.7 Å². The molecule has 3 heterocycles. The number of ether oxygens (including phenoxy) is 5. The number of rotatable bonds is 9. The van der Waals surface area contributed by atoms with Crippen LogP contribution in [-0.2, 0) is 30.2 Å². The molecule has 1 aromatic carbocycles. The van der Waals surface area contributed by atoms with E-state index < -0.39 is 41.2 Å². The highest BCUT2D eigenvalue weighted by Crippen LogP contribution is 2.55. The van der Waals surface area contributed by atoms with E-state index in [-0.39, 0.29) is 32.2 Å². The lowest BCUT2D eigenvalue weighted by Crippen LogP contribution is -2.49. The molecule has 39 heavy (non-hydrogen) atoms. The standard InChI is InChI=1S/C29H39NO9/c1-5-36-23(31)16-29(34,10-9-27(2,3)33)26(32)39-25-22(35-4)15-28-8-6-11-30(28)12-7-18-13-20-21(38-17-37-20)14-19(18)24(25)28/h13-15,24-25,33-34H,5-12,16-17H2,1-4H3/t24-,25-,28+,29-/m1/s1. The molecule has 10 heteroatoms. The number of hydrogen-bond acceptors (Lipinski definition) is 10. The summed E-state index contributed by atoms with van der Waals surface area (Å²) in [5.74, 6) is -0.116. The van der Waals surface area contributed by atoms with Gasteiger partial charge in [-0.05, 0) is 88.8 Å². The molecule has 1 spiro atoms. The molecule has 4 aliphatic rings. The van der Waals surface area contributed by atoms with Crippen LogP contribution in [0, 0.1) is 0 Å². The summed E-state index contributed by atoms with van der Waals surface area (Å²) >= 11 is 0. The maximum Gasteiger partial charge on any atom is 0.339 e. The Kier molecular flexibility index (Phi) is 7.32. The van der Waals surface area contributed by atoms with Crippen molar-refractivity contribution in [3.63, 3.8) is 0 Å². The minimum Gasteiger partial charge on any atom is -0.497 e. The van der Waals surface area contributed by atoms with Gasteiger partial charge in [0, 0.05) is 6.54 Å². The van der Waals surface area contributed by atoms with Crippen molar-refractivity contribution in [2.45, 2.75) is 88.1 Å². The molecular formula is C29H39NO9. The van der Waals surface area contributed by atoms with Crippen LogP contribution in [0.15, 0.2) is 24.0 Å². The number of benzene rings is 1. The first-order valence-electron chi connectivity index (χ1n) is 13.8. The number of carbonyl (C=O) groups excluding carboxylic acids is 2. The average molecular weight is 546 g/mol. The van der Waals surface area contributed by atoms with Crippen molar-refractivity contribution in [1.82, 2.24) is 4.90 Å². The third kappa shape index (κ3) is 5.10. The zero-order chi connectivity index (χ0) is 28.0. The lowest BCUT2D eigenvalue weighted by molar-refractivity contribution is -0.179. The molecule has 0 radical (unpaired) electrons. The fourth-order valence-corrected chi connectivity index (χ4v) is 6.55. The normalized spacial score (nSPS) is 27.0. The summed E-state index contributed by atoms with van der Waals surface area (Å²) in [7, 11) is 1.55. The summed E-state index contributed by atoms with van der Waals surface area (Å²) in [6.07, 6.45) is 3.21. The van der Waals surface area contributed by atoms with Crippen molar-refractivity contribution in [3.05, 3.63) is 35.1 Å². The predicted octanol–water partition coefficient (Wildman–Crippen LogP) is 2.58. The molecule has 3 aliphatic heterocycles. The molecule has 0 saturated carbocycles. The number of nitrogens with zero attached hydrogens (tertiary/aromatic N) is 1. The molecule has 1 aromatic rings. The Hall–Kier alpha value is -2.82. The van der Waals surface area contributed by atoms with E-state index in [1.807, 2.05) is 12.1 Å². The Morgan fingerprint density at radius 3 is 2.59 bits per heavy atom. The molecule has 214 valence electrons. The average Bonchev–Trinajstić information content (AvgIpc) is 3.56. The molecule has 1 aliphatic carbocycles. The SMILES string of the molecule is CCOC(=O)C[C@](O)(CCC(C)(C)O)C(=O)O[C@@H]1C(OC)=C[C@]23CCCN2CCc2cc4c(cc2[C@H]13)OCO4. The quantitative estimate of drug-likeness (QED) is 0.448. The minimum atomic E-state index is -2.18. The van der Waals surface area contributed by atoms with E-state index in [1.54, 1.807) is 27.9 Å². The van der Waals surface area contributed by atoms with Crippen LogP contribution in [-0.4, -0.2) is 83.5 Å². The van der Waals surface area contributed by atoms with E-state index >= 15 is 0 Å². The molecular weight excluding hydrogens is 506 g/mol. The molecule has 1 saturated heterocycles. The van der Waals surface area contributed by atoms with Gasteiger partial charge in [0.05, 0.1) is 37.2 Å². The van der Waals surface area contributed by atoms with Crippen LogP contribution in [0.1, 0.15) is 69.9 Å². The highest BCUT2D eigenvalue weighted by Gasteiger charge is 2.59. The molecule has 0 unspecified atom stereocenters. The largest absolute Gasteiger partial charge is 0.497 e. The smallest absolute Gasteiger partial charge is 0.339 e. The van der Waals surface area contributed by atoms with Crippen LogP contribution in [0.25, 0.3) is 0 Å². The Morgan fingerprint density at radius 2 is 1.90 bits per heavy atom. The number of hydrogen-bond donors (Lipinski definition) is 2. The molecule has 2 N–H and O–H groups in total. The maximum atomic E-state index is 13.8. The highest BCUT2D eigenvalue weighted by molar-refractivity contribution is 5.86. The van der Waals surface area contributed by atoms with Crippen molar-refractivity contribution < 1.29 is 43.5 Å². The van der Waals surface area contributed by atoms with Crippen LogP contribution in [0.4, 0.5) is 0 Å². The summed E-state index contributed by atoms with van der Waals surface area (Å²) in [4.78, 5) is 28.6. The topological polar surface area (TPSA) is 124 Å². The van der Waals surface area contributed by atoms with Crippen LogP contribution in [0.3, 0.4) is 0 Å². The van der Waals surface area contributed by atoms with Gasteiger partial charge < -0.3 is 33.9 Å². The van der Waals surface area contributed by atoms with Crippen molar-refractivity contribution in [3.8, 4) is 11.5 Å². The predicted molar refractivity (Wildman–Crippen MR) is 139 cm³/mol. The fourth-order valence-electron chi connectivity index (χ4n) is 6.55.